The molecule has 0 N–H and O–H groups in total. The van der Waals surface area contributed by atoms with Gasteiger partial charge in [-0.05, 0) is 29.3 Å². The maximum absolute atomic E-state index is 13.1. The van der Waals surface area contributed by atoms with Crippen molar-refractivity contribution in [1.29, 1.82) is 0 Å². The number of hydrogen-bond acceptors (Lipinski definition) is 3. The maximum Gasteiger partial charge on any atom is 0.219 e. The molecule has 1 unspecified atom stereocenters. The third-order valence-electron chi connectivity index (χ3n) is 3.99. The van der Waals surface area contributed by atoms with Gasteiger partial charge in [0, 0.05) is 11.6 Å². The monoisotopic (exact) mass is 369 g/mol. The summed E-state index contributed by atoms with van der Waals surface area (Å²) in [6.07, 6.45) is 0. The van der Waals surface area contributed by atoms with E-state index in [1.165, 1.54) is 16.4 Å². The molecule has 3 rings (SSSR count). The zero-order chi connectivity index (χ0) is 17.2. The Kier molecular flexibility index (Phi) is 5.20. The normalized spacial score (nSPS) is 19.3. The van der Waals surface area contributed by atoms with Crippen LogP contribution in [0.4, 0.5) is 4.39 Å². The third kappa shape index (κ3) is 3.78. The van der Waals surface area contributed by atoms with Gasteiger partial charge in [-0.2, -0.15) is 4.31 Å². The van der Waals surface area contributed by atoms with Crippen molar-refractivity contribution in [3.63, 3.8) is 0 Å². The summed E-state index contributed by atoms with van der Waals surface area (Å²) < 4.78 is 45.8. The van der Waals surface area contributed by atoms with Crippen LogP contribution in [0.2, 0.25) is 5.02 Å². The van der Waals surface area contributed by atoms with E-state index in [1.807, 2.05) is 0 Å². The van der Waals surface area contributed by atoms with Crippen LogP contribution in [-0.4, -0.2) is 32.5 Å². The molecule has 0 radical (unpaired) electrons. The number of sulfonamides is 1. The van der Waals surface area contributed by atoms with Crippen molar-refractivity contribution >= 4 is 21.6 Å². The van der Waals surface area contributed by atoms with Crippen LogP contribution in [0.25, 0.3) is 0 Å². The van der Waals surface area contributed by atoms with Gasteiger partial charge in [0.2, 0.25) is 10.0 Å². The van der Waals surface area contributed by atoms with Gasteiger partial charge in [0.1, 0.15) is 5.82 Å². The molecule has 7 heteroatoms. The molecule has 1 saturated heterocycles. The van der Waals surface area contributed by atoms with Crippen LogP contribution < -0.4 is 0 Å². The third-order valence-corrected chi connectivity index (χ3v) is 6.18. The molecule has 128 valence electrons. The van der Waals surface area contributed by atoms with Crippen molar-refractivity contribution in [3.05, 3.63) is 70.5 Å². The Labute approximate surface area is 145 Å². The lowest BCUT2D eigenvalue weighted by Gasteiger charge is -2.35. The first kappa shape index (κ1) is 17.4. The van der Waals surface area contributed by atoms with Crippen molar-refractivity contribution < 1.29 is 17.5 Å². The smallest absolute Gasteiger partial charge is 0.219 e. The molecule has 4 nitrogen and oxygen atoms in total. The van der Waals surface area contributed by atoms with Gasteiger partial charge < -0.3 is 4.74 Å². The number of nitrogens with zero attached hydrogens (tertiary/aromatic N) is 1. The SMILES string of the molecule is O=S(=O)(Cc1ccccc1Cl)N1CCOCC1c1ccc(F)cc1. The van der Waals surface area contributed by atoms with E-state index in [0.717, 1.165) is 0 Å². The number of ether oxygens (including phenoxy) is 1. The van der Waals surface area contributed by atoms with Crippen LogP contribution in [0.5, 0.6) is 0 Å². The maximum atomic E-state index is 13.1. The molecule has 2 aromatic rings. The molecular weight excluding hydrogens is 353 g/mol. The molecule has 0 saturated carbocycles. The van der Waals surface area contributed by atoms with Gasteiger partial charge >= 0.3 is 0 Å². The number of benzene rings is 2. The lowest BCUT2D eigenvalue weighted by molar-refractivity contribution is 0.0320. The van der Waals surface area contributed by atoms with Crippen LogP contribution in [0.15, 0.2) is 48.5 Å². The van der Waals surface area contributed by atoms with E-state index in [2.05, 4.69) is 0 Å². The molecule has 1 fully saturated rings. The fourth-order valence-electron chi connectivity index (χ4n) is 2.76. The van der Waals surface area contributed by atoms with Crippen molar-refractivity contribution in [2.75, 3.05) is 19.8 Å². The Hall–Kier alpha value is -1.47. The quantitative estimate of drug-likeness (QED) is 0.830. The van der Waals surface area contributed by atoms with Gasteiger partial charge in [0.15, 0.2) is 0 Å². The highest BCUT2D eigenvalue weighted by atomic mass is 35.5. The van der Waals surface area contributed by atoms with Crippen molar-refractivity contribution in [2.24, 2.45) is 0 Å². The van der Waals surface area contributed by atoms with E-state index in [1.54, 1.807) is 36.4 Å². The molecule has 24 heavy (non-hydrogen) atoms. The van der Waals surface area contributed by atoms with Gasteiger partial charge in [0.05, 0.1) is 25.0 Å². The first-order valence-electron chi connectivity index (χ1n) is 7.53. The van der Waals surface area contributed by atoms with Crippen LogP contribution in [0.1, 0.15) is 17.2 Å². The van der Waals surface area contributed by atoms with Gasteiger partial charge in [-0.25, -0.2) is 12.8 Å². The van der Waals surface area contributed by atoms with E-state index in [9.17, 15) is 12.8 Å². The summed E-state index contributed by atoms with van der Waals surface area (Å²) in [4.78, 5) is 0. The standard InChI is InChI=1S/C17H17ClFNO3S/c18-16-4-2-1-3-14(16)12-24(21,22)20-9-10-23-11-17(20)13-5-7-15(19)8-6-13/h1-8,17H,9-12H2. The van der Waals surface area contributed by atoms with Gasteiger partial charge in [-0.1, -0.05) is 41.9 Å². The lowest BCUT2D eigenvalue weighted by atomic mass is 10.1. The zero-order valence-electron chi connectivity index (χ0n) is 12.9. The Balaban J connectivity index is 1.89. The summed E-state index contributed by atoms with van der Waals surface area (Å²) in [6.45, 7) is 0.835. The van der Waals surface area contributed by atoms with Crippen molar-refractivity contribution in [1.82, 2.24) is 4.31 Å². The average molecular weight is 370 g/mol. The minimum absolute atomic E-state index is 0.176. The number of halogens is 2. The molecule has 0 spiro atoms. The summed E-state index contributed by atoms with van der Waals surface area (Å²) in [5.41, 5.74) is 1.27. The topological polar surface area (TPSA) is 46.6 Å². The predicted molar refractivity (Wildman–Crippen MR) is 90.7 cm³/mol. The van der Waals surface area contributed by atoms with Gasteiger partial charge in [-0.3, -0.25) is 0 Å². The van der Waals surface area contributed by atoms with E-state index in [-0.39, 0.29) is 24.7 Å². The van der Waals surface area contributed by atoms with E-state index < -0.39 is 16.1 Å². The minimum atomic E-state index is -3.59. The molecule has 0 amide bonds. The van der Waals surface area contributed by atoms with E-state index >= 15 is 0 Å². The summed E-state index contributed by atoms with van der Waals surface area (Å²) in [6, 6.07) is 12.2. The van der Waals surface area contributed by atoms with Crippen molar-refractivity contribution in [2.45, 2.75) is 11.8 Å². The summed E-state index contributed by atoms with van der Waals surface area (Å²) in [7, 11) is -3.59. The second-order valence-electron chi connectivity index (χ2n) is 5.60. The number of hydrogen-bond donors (Lipinski definition) is 0. The molecule has 1 aliphatic rings. The predicted octanol–water partition coefficient (Wildman–Crippen LogP) is 3.38. The highest BCUT2D eigenvalue weighted by Crippen LogP contribution is 2.29. The summed E-state index contributed by atoms with van der Waals surface area (Å²) in [5, 5.41) is 0.424. The summed E-state index contributed by atoms with van der Waals surface area (Å²) in [5.74, 6) is -0.536. The molecule has 1 atom stereocenters. The first-order valence-corrected chi connectivity index (χ1v) is 9.52. The zero-order valence-corrected chi connectivity index (χ0v) is 14.4. The van der Waals surface area contributed by atoms with Gasteiger partial charge in [-0.15, -0.1) is 0 Å². The summed E-state index contributed by atoms with van der Waals surface area (Å²) >= 11 is 6.09. The van der Waals surface area contributed by atoms with E-state index in [4.69, 9.17) is 16.3 Å². The Bertz CT molecular complexity index is 811. The average Bonchev–Trinajstić information content (AvgIpc) is 2.58. The van der Waals surface area contributed by atoms with Crippen LogP contribution in [0.3, 0.4) is 0 Å². The second kappa shape index (κ2) is 7.19. The Morgan fingerprint density at radius 1 is 1.17 bits per heavy atom. The Morgan fingerprint density at radius 3 is 2.58 bits per heavy atom. The molecule has 2 aromatic carbocycles. The van der Waals surface area contributed by atoms with Crippen molar-refractivity contribution in [3.8, 4) is 0 Å². The number of rotatable bonds is 4. The molecular formula is C17H17ClFNO3S. The second-order valence-corrected chi connectivity index (χ2v) is 7.93. The van der Waals surface area contributed by atoms with Crippen LogP contribution in [-0.2, 0) is 20.5 Å². The molecule has 1 heterocycles. The molecule has 0 aromatic heterocycles. The molecule has 1 aliphatic heterocycles. The number of morpholine rings is 1. The highest BCUT2D eigenvalue weighted by Gasteiger charge is 2.34. The van der Waals surface area contributed by atoms with Crippen LogP contribution >= 0.6 is 11.6 Å². The first-order chi connectivity index (χ1) is 11.5. The Morgan fingerprint density at radius 2 is 1.88 bits per heavy atom. The fourth-order valence-corrected chi connectivity index (χ4v) is 4.78. The minimum Gasteiger partial charge on any atom is -0.378 e. The molecule has 0 aliphatic carbocycles. The largest absolute Gasteiger partial charge is 0.378 e. The van der Waals surface area contributed by atoms with Crippen LogP contribution in [0, 0.1) is 5.82 Å². The van der Waals surface area contributed by atoms with E-state index in [0.29, 0.717) is 22.8 Å². The molecule has 0 bridgehead atoms. The highest BCUT2D eigenvalue weighted by molar-refractivity contribution is 7.88. The van der Waals surface area contributed by atoms with Gasteiger partial charge in [0.25, 0.3) is 0 Å². The fraction of sp³-hybridized carbons (Fsp3) is 0.294. The lowest BCUT2D eigenvalue weighted by Crippen LogP contribution is -2.43.